The molecule has 6 nitrogen and oxygen atoms in total. The molecular formula is C20H20N4O2. The summed E-state index contributed by atoms with van der Waals surface area (Å²) in [7, 11) is 1.67. The smallest absolute Gasteiger partial charge is 0.231 e. The maximum absolute atomic E-state index is 12.4. The van der Waals surface area contributed by atoms with Crippen LogP contribution >= 0.6 is 0 Å². The van der Waals surface area contributed by atoms with Crippen LogP contribution in [0, 0.1) is 0 Å². The molecule has 2 aromatic carbocycles. The fraction of sp³-hybridized carbons (Fsp3) is 0.250. The Bertz CT molecular complexity index is 922. The molecule has 0 saturated carbocycles. The predicted molar refractivity (Wildman–Crippen MR) is 98.1 cm³/mol. The van der Waals surface area contributed by atoms with Crippen molar-refractivity contribution < 1.29 is 9.53 Å². The normalized spacial score (nSPS) is 19.1. The lowest BCUT2D eigenvalue weighted by molar-refractivity contribution is -0.117. The molecule has 0 fully saturated rings. The van der Waals surface area contributed by atoms with Crippen LogP contribution in [0.1, 0.15) is 36.6 Å². The minimum absolute atomic E-state index is 0.0495. The average molecular weight is 348 g/mol. The van der Waals surface area contributed by atoms with Crippen molar-refractivity contribution in [2.45, 2.75) is 25.4 Å². The van der Waals surface area contributed by atoms with Crippen LogP contribution in [-0.4, -0.2) is 27.8 Å². The van der Waals surface area contributed by atoms with Crippen molar-refractivity contribution in [1.29, 1.82) is 0 Å². The molecule has 1 aliphatic heterocycles. The number of carbonyl (C=O) groups is 1. The van der Waals surface area contributed by atoms with E-state index in [0.29, 0.717) is 12.4 Å². The number of anilines is 1. The topological polar surface area (TPSA) is 60.2 Å². The molecule has 2 heterocycles. The molecule has 0 radical (unpaired) electrons. The Kier molecular flexibility index (Phi) is 4.16. The Balaban J connectivity index is 1.87. The van der Waals surface area contributed by atoms with Crippen molar-refractivity contribution in [3.05, 3.63) is 72.1 Å². The van der Waals surface area contributed by atoms with Crippen molar-refractivity contribution in [2.75, 3.05) is 12.0 Å². The number of amides is 1. The first-order valence-corrected chi connectivity index (χ1v) is 8.58. The zero-order valence-electron chi connectivity index (χ0n) is 14.7. The molecule has 6 heteroatoms. The summed E-state index contributed by atoms with van der Waals surface area (Å²) < 4.78 is 7.38. The summed E-state index contributed by atoms with van der Waals surface area (Å²) in [6.07, 6.45) is 2.20. The quantitative estimate of drug-likeness (QED) is 0.728. The van der Waals surface area contributed by atoms with Gasteiger partial charge >= 0.3 is 0 Å². The van der Waals surface area contributed by atoms with Gasteiger partial charge in [0.1, 0.15) is 12.1 Å². The van der Waals surface area contributed by atoms with Gasteiger partial charge in [-0.15, -0.1) is 0 Å². The van der Waals surface area contributed by atoms with E-state index in [-0.39, 0.29) is 18.0 Å². The monoisotopic (exact) mass is 348 g/mol. The van der Waals surface area contributed by atoms with E-state index in [4.69, 9.17) is 4.74 Å². The molecule has 0 spiro atoms. The zero-order chi connectivity index (χ0) is 18.1. The highest BCUT2D eigenvalue weighted by Gasteiger charge is 2.38. The highest BCUT2D eigenvalue weighted by atomic mass is 16.5. The number of methoxy groups -OCH3 is 1. The fourth-order valence-electron chi connectivity index (χ4n) is 3.71. The molecule has 2 atom stereocenters. The molecule has 26 heavy (non-hydrogen) atoms. The van der Waals surface area contributed by atoms with E-state index in [1.165, 1.54) is 6.33 Å². The van der Waals surface area contributed by atoms with Gasteiger partial charge in [-0.25, -0.2) is 4.68 Å². The van der Waals surface area contributed by atoms with Gasteiger partial charge in [0.05, 0.1) is 19.2 Å². The molecule has 0 saturated heterocycles. The van der Waals surface area contributed by atoms with E-state index >= 15 is 0 Å². The summed E-state index contributed by atoms with van der Waals surface area (Å²) in [5.41, 5.74) is 2.11. The molecule has 0 unspecified atom stereocenters. The molecule has 1 amide bonds. The second-order valence-electron chi connectivity index (χ2n) is 6.31. The van der Waals surface area contributed by atoms with Crippen LogP contribution in [-0.2, 0) is 4.79 Å². The zero-order valence-corrected chi connectivity index (χ0v) is 14.7. The van der Waals surface area contributed by atoms with Crippen LogP contribution in [0.5, 0.6) is 5.75 Å². The number of para-hydroxylation sites is 1. The molecule has 3 aromatic rings. The maximum atomic E-state index is 12.4. The van der Waals surface area contributed by atoms with Gasteiger partial charge in [0.15, 0.2) is 0 Å². The molecule has 132 valence electrons. The van der Waals surface area contributed by atoms with E-state index in [1.807, 2.05) is 59.3 Å². The summed E-state index contributed by atoms with van der Waals surface area (Å²) in [5.74, 6) is 1.32. The first-order chi connectivity index (χ1) is 12.7. The van der Waals surface area contributed by atoms with Crippen molar-refractivity contribution in [3.63, 3.8) is 0 Å². The lowest BCUT2D eigenvalue weighted by Crippen LogP contribution is -2.41. The van der Waals surface area contributed by atoms with Crippen LogP contribution in [0.4, 0.5) is 5.95 Å². The van der Waals surface area contributed by atoms with Gasteiger partial charge in [-0.2, -0.15) is 10.1 Å². The number of ether oxygens (including phenoxy) is 1. The van der Waals surface area contributed by atoms with Crippen molar-refractivity contribution in [1.82, 2.24) is 14.8 Å². The van der Waals surface area contributed by atoms with Crippen LogP contribution in [0.15, 0.2) is 60.9 Å². The van der Waals surface area contributed by atoms with E-state index in [1.54, 1.807) is 18.9 Å². The molecule has 0 aliphatic carbocycles. The summed E-state index contributed by atoms with van der Waals surface area (Å²) in [6, 6.07) is 17.8. The summed E-state index contributed by atoms with van der Waals surface area (Å²) in [4.78, 5) is 18.5. The third-order valence-electron chi connectivity index (χ3n) is 4.84. The Morgan fingerprint density at radius 3 is 2.54 bits per heavy atom. The molecule has 1 aliphatic rings. The maximum Gasteiger partial charge on any atom is 0.231 e. The highest BCUT2D eigenvalue weighted by molar-refractivity contribution is 5.90. The Morgan fingerprint density at radius 2 is 1.81 bits per heavy atom. The minimum Gasteiger partial charge on any atom is -0.496 e. The largest absolute Gasteiger partial charge is 0.496 e. The number of nitrogens with zero attached hydrogens (tertiary/aromatic N) is 4. The predicted octanol–water partition coefficient (Wildman–Crippen LogP) is 3.37. The number of hydrogen-bond acceptors (Lipinski definition) is 4. The summed E-state index contributed by atoms with van der Waals surface area (Å²) >= 11 is 0. The Morgan fingerprint density at radius 1 is 1.08 bits per heavy atom. The number of aromatic nitrogens is 3. The second-order valence-corrected chi connectivity index (χ2v) is 6.31. The third kappa shape index (κ3) is 2.63. The Labute approximate surface area is 152 Å². The molecule has 4 rings (SSSR count). The number of carbonyl (C=O) groups excluding carboxylic acids is 1. The van der Waals surface area contributed by atoms with Crippen LogP contribution in [0.3, 0.4) is 0 Å². The van der Waals surface area contributed by atoms with Gasteiger partial charge in [0.2, 0.25) is 11.9 Å². The number of benzene rings is 2. The van der Waals surface area contributed by atoms with Gasteiger partial charge in [-0.05, 0) is 18.1 Å². The SMILES string of the molecule is COc1ccccc1[C@H]1C[C@@H](c2ccccc2)N(C(C)=O)c2ncnn21. The van der Waals surface area contributed by atoms with Gasteiger partial charge in [-0.1, -0.05) is 48.5 Å². The molecule has 0 N–H and O–H groups in total. The van der Waals surface area contributed by atoms with Gasteiger partial charge < -0.3 is 4.74 Å². The number of fused-ring (bicyclic) bond motifs is 1. The van der Waals surface area contributed by atoms with Gasteiger partial charge in [0.25, 0.3) is 0 Å². The van der Waals surface area contributed by atoms with Crippen molar-refractivity contribution >= 4 is 11.9 Å². The minimum atomic E-state index is -0.111. The standard InChI is InChI=1S/C20H20N4O2/c1-14(25)23-17(15-8-4-3-5-9-15)12-18(24-20(23)21-13-22-24)16-10-6-7-11-19(16)26-2/h3-11,13,17-18H,12H2,1-2H3/t17-,18+/m0/s1. The van der Waals surface area contributed by atoms with E-state index in [2.05, 4.69) is 10.1 Å². The molecule has 1 aromatic heterocycles. The van der Waals surface area contributed by atoms with Crippen molar-refractivity contribution in [2.24, 2.45) is 0 Å². The second kappa shape index (κ2) is 6.63. The third-order valence-corrected chi connectivity index (χ3v) is 4.84. The highest BCUT2D eigenvalue weighted by Crippen LogP contribution is 2.43. The first kappa shape index (κ1) is 16.3. The van der Waals surface area contributed by atoms with Crippen LogP contribution in [0.2, 0.25) is 0 Å². The lowest BCUT2D eigenvalue weighted by Gasteiger charge is -2.38. The van der Waals surface area contributed by atoms with E-state index in [9.17, 15) is 4.79 Å². The lowest BCUT2D eigenvalue weighted by atomic mass is 9.91. The van der Waals surface area contributed by atoms with Crippen LogP contribution in [0.25, 0.3) is 0 Å². The van der Waals surface area contributed by atoms with E-state index < -0.39 is 0 Å². The first-order valence-electron chi connectivity index (χ1n) is 8.58. The molecular weight excluding hydrogens is 328 g/mol. The number of hydrogen-bond donors (Lipinski definition) is 0. The van der Waals surface area contributed by atoms with Crippen molar-refractivity contribution in [3.8, 4) is 5.75 Å². The van der Waals surface area contributed by atoms with Crippen LogP contribution < -0.4 is 9.64 Å². The summed E-state index contributed by atoms with van der Waals surface area (Å²) in [5, 5.41) is 4.41. The number of rotatable bonds is 3. The van der Waals surface area contributed by atoms with E-state index in [0.717, 1.165) is 16.9 Å². The average Bonchev–Trinajstić information content (AvgIpc) is 3.16. The fourth-order valence-corrected chi connectivity index (χ4v) is 3.71. The Hall–Kier alpha value is -3.15. The molecule has 0 bridgehead atoms. The summed E-state index contributed by atoms with van der Waals surface area (Å²) in [6.45, 7) is 1.57. The van der Waals surface area contributed by atoms with Gasteiger partial charge in [0, 0.05) is 12.5 Å². The van der Waals surface area contributed by atoms with Gasteiger partial charge in [-0.3, -0.25) is 9.69 Å².